The first-order valence-electron chi connectivity index (χ1n) is 8.83. The Labute approximate surface area is 172 Å². The van der Waals surface area contributed by atoms with Gasteiger partial charge < -0.3 is 20.9 Å². The lowest BCUT2D eigenvalue weighted by atomic mass is 10.1. The first kappa shape index (κ1) is 20.5. The number of nitrogen functional groups attached to an aromatic ring is 1. The summed E-state index contributed by atoms with van der Waals surface area (Å²) in [5, 5.41) is 11.8. The van der Waals surface area contributed by atoms with Crippen molar-refractivity contribution < 1.29 is 24.2 Å². The van der Waals surface area contributed by atoms with Crippen molar-refractivity contribution in [1.29, 1.82) is 0 Å². The summed E-state index contributed by atoms with van der Waals surface area (Å²) in [6.07, 6.45) is 0.0502. The molecule has 152 valence electrons. The molecule has 2 aromatic carbocycles. The van der Waals surface area contributed by atoms with Crippen LogP contribution in [-0.4, -0.2) is 42.0 Å². The predicted octanol–water partition coefficient (Wildman–Crippen LogP) is 2.64. The van der Waals surface area contributed by atoms with E-state index in [1.54, 1.807) is 36.4 Å². The lowest BCUT2D eigenvalue weighted by molar-refractivity contribution is -0.144. The number of thioether (sulfide) groups is 1. The fourth-order valence-corrected chi connectivity index (χ4v) is 3.82. The number of carboxylic acid groups (broad SMARTS) is 1. The summed E-state index contributed by atoms with van der Waals surface area (Å²) in [5.41, 5.74) is 9.37. The van der Waals surface area contributed by atoms with Crippen molar-refractivity contribution in [2.45, 2.75) is 24.5 Å². The number of nitrogens with one attached hydrogen (secondary N) is 1. The Morgan fingerprint density at radius 2 is 1.97 bits per heavy atom. The minimum atomic E-state index is -1.18. The second-order valence-electron chi connectivity index (χ2n) is 6.53. The number of ether oxygens (including phenoxy) is 1. The molecule has 1 saturated heterocycles. The van der Waals surface area contributed by atoms with Crippen LogP contribution in [0.15, 0.2) is 41.3 Å². The van der Waals surface area contributed by atoms with Gasteiger partial charge in [0.25, 0.3) is 5.91 Å². The molecule has 1 unspecified atom stereocenters. The molecular formula is C20H21N3O5S. The van der Waals surface area contributed by atoms with E-state index in [-0.39, 0.29) is 12.5 Å². The van der Waals surface area contributed by atoms with Gasteiger partial charge in [-0.3, -0.25) is 9.69 Å². The normalized spacial score (nSPS) is 15.9. The van der Waals surface area contributed by atoms with Crippen molar-refractivity contribution in [3.8, 4) is 0 Å². The molecule has 2 aromatic rings. The van der Waals surface area contributed by atoms with Crippen LogP contribution in [0.25, 0.3) is 0 Å². The summed E-state index contributed by atoms with van der Waals surface area (Å²) in [6, 6.07) is 10.3. The number of carbonyl (C=O) groups excluding carboxylic acids is 2. The first-order valence-corrected chi connectivity index (χ1v) is 10.1. The molecule has 0 spiro atoms. The average molecular weight is 415 g/mol. The minimum Gasteiger partial charge on any atom is -0.478 e. The Bertz CT molecular complexity index is 961. The summed E-state index contributed by atoms with van der Waals surface area (Å²) < 4.78 is 4.81. The smallest absolute Gasteiger partial charge is 0.415 e. The number of benzene rings is 2. The lowest BCUT2D eigenvalue weighted by Crippen LogP contribution is -2.27. The standard InChI is InChI=1S/C20H21N3O5S/c1-11-14(7-8-15(21)17(11)29-2)18(24)22-9-12-3-5-13(6-4-12)23-10-16(19(25)26)28-20(23)27/h3-8,16H,9-10,21H2,1-2H3,(H,22,24)(H,25,26). The second-order valence-corrected chi connectivity index (χ2v) is 7.35. The van der Waals surface area contributed by atoms with E-state index in [0.29, 0.717) is 23.5 Å². The molecule has 0 bridgehead atoms. The van der Waals surface area contributed by atoms with E-state index in [4.69, 9.17) is 15.6 Å². The van der Waals surface area contributed by atoms with E-state index in [1.807, 2.05) is 13.2 Å². The van der Waals surface area contributed by atoms with Crippen molar-refractivity contribution in [1.82, 2.24) is 5.32 Å². The number of rotatable bonds is 6. The van der Waals surface area contributed by atoms with Gasteiger partial charge in [0.15, 0.2) is 0 Å². The molecule has 29 heavy (non-hydrogen) atoms. The van der Waals surface area contributed by atoms with Gasteiger partial charge in [-0.15, -0.1) is 11.8 Å². The van der Waals surface area contributed by atoms with Crippen molar-refractivity contribution in [2.24, 2.45) is 0 Å². The van der Waals surface area contributed by atoms with E-state index >= 15 is 0 Å². The Balaban J connectivity index is 1.65. The Morgan fingerprint density at radius 1 is 1.28 bits per heavy atom. The molecule has 1 heterocycles. The fourth-order valence-electron chi connectivity index (χ4n) is 3.10. The molecule has 0 saturated carbocycles. The molecule has 1 fully saturated rings. The molecule has 8 nitrogen and oxygen atoms in total. The zero-order chi connectivity index (χ0) is 21.1. The maximum absolute atomic E-state index is 12.6. The van der Waals surface area contributed by atoms with Crippen molar-refractivity contribution in [2.75, 3.05) is 23.4 Å². The number of nitrogens with two attached hydrogens (primary N) is 1. The molecular weight excluding hydrogens is 394 g/mol. The van der Waals surface area contributed by atoms with Crippen LogP contribution in [0.3, 0.4) is 0 Å². The monoisotopic (exact) mass is 415 g/mol. The van der Waals surface area contributed by atoms with E-state index in [9.17, 15) is 14.4 Å². The van der Waals surface area contributed by atoms with Gasteiger partial charge in [-0.05, 0) is 48.6 Å². The molecule has 4 N–H and O–H groups in total. The summed E-state index contributed by atoms with van der Waals surface area (Å²) in [4.78, 5) is 37.5. The van der Waals surface area contributed by atoms with Crippen LogP contribution >= 0.6 is 11.8 Å². The third-order valence-corrected chi connectivity index (χ3v) is 5.62. The molecule has 0 radical (unpaired) electrons. The zero-order valence-corrected chi connectivity index (χ0v) is 16.8. The van der Waals surface area contributed by atoms with Crippen LogP contribution in [0.1, 0.15) is 21.5 Å². The molecule has 9 heteroatoms. The minimum absolute atomic E-state index is 0.0432. The van der Waals surface area contributed by atoms with Crippen LogP contribution in [0.5, 0.6) is 0 Å². The van der Waals surface area contributed by atoms with Gasteiger partial charge in [-0.25, -0.2) is 9.59 Å². The SMILES string of the molecule is CSc1c(N)ccc(C(=O)NCc2ccc(N3CC(C(=O)O)OC3=O)cc2)c1C. The van der Waals surface area contributed by atoms with Crippen LogP contribution in [-0.2, 0) is 16.1 Å². The number of hydrogen-bond acceptors (Lipinski definition) is 6. The van der Waals surface area contributed by atoms with Gasteiger partial charge in [0.1, 0.15) is 0 Å². The molecule has 0 aliphatic carbocycles. The number of carboxylic acids is 1. The Kier molecular flexibility index (Phi) is 5.97. The maximum atomic E-state index is 12.6. The van der Waals surface area contributed by atoms with Crippen LogP contribution in [0.4, 0.5) is 16.2 Å². The van der Waals surface area contributed by atoms with E-state index in [2.05, 4.69) is 5.32 Å². The van der Waals surface area contributed by atoms with Gasteiger partial charge in [-0.1, -0.05) is 12.1 Å². The molecule has 1 aliphatic rings. The van der Waals surface area contributed by atoms with Crippen LogP contribution in [0.2, 0.25) is 0 Å². The molecule has 1 aliphatic heterocycles. The highest BCUT2D eigenvalue weighted by Crippen LogP contribution is 2.29. The summed E-state index contributed by atoms with van der Waals surface area (Å²) in [5.74, 6) is -1.38. The van der Waals surface area contributed by atoms with Gasteiger partial charge in [-0.2, -0.15) is 0 Å². The van der Waals surface area contributed by atoms with Crippen LogP contribution in [0, 0.1) is 6.92 Å². The van der Waals surface area contributed by atoms with Crippen LogP contribution < -0.4 is 16.0 Å². The van der Waals surface area contributed by atoms with E-state index in [0.717, 1.165) is 16.0 Å². The quantitative estimate of drug-likeness (QED) is 0.490. The number of amides is 2. The zero-order valence-electron chi connectivity index (χ0n) is 16.0. The highest BCUT2D eigenvalue weighted by molar-refractivity contribution is 7.98. The van der Waals surface area contributed by atoms with E-state index < -0.39 is 18.2 Å². The van der Waals surface area contributed by atoms with E-state index in [1.165, 1.54) is 16.7 Å². The molecule has 3 rings (SSSR count). The number of anilines is 2. The number of nitrogens with zero attached hydrogens (tertiary/aromatic N) is 1. The van der Waals surface area contributed by atoms with Crippen molar-refractivity contribution in [3.05, 3.63) is 53.1 Å². The second kappa shape index (κ2) is 8.44. The van der Waals surface area contributed by atoms with Gasteiger partial charge in [0, 0.05) is 28.4 Å². The average Bonchev–Trinajstić information content (AvgIpc) is 3.09. The summed E-state index contributed by atoms with van der Waals surface area (Å²) >= 11 is 1.50. The highest BCUT2D eigenvalue weighted by Gasteiger charge is 2.36. The van der Waals surface area contributed by atoms with Gasteiger partial charge in [0.2, 0.25) is 6.10 Å². The molecule has 1 atom stereocenters. The number of hydrogen-bond donors (Lipinski definition) is 3. The number of cyclic esters (lactones) is 1. The molecule has 2 amide bonds. The Morgan fingerprint density at radius 3 is 2.55 bits per heavy atom. The van der Waals surface area contributed by atoms with Gasteiger partial charge in [0.05, 0.1) is 6.54 Å². The van der Waals surface area contributed by atoms with Crippen molar-refractivity contribution >= 4 is 41.1 Å². The Hall–Kier alpha value is -3.20. The fraction of sp³-hybridized carbons (Fsp3) is 0.250. The molecule has 0 aromatic heterocycles. The van der Waals surface area contributed by atoms with Gasteiger partial charge >= 0.3 is 12.1 Å². The number of aliphatic carboxylic acids is 1. The third-order valence-electron chi connectivity index (χ3n) is 4.67. The third kappa shape index (κ3) is 4.29. The first-order chi connectivity index (χ1) is 13.8. The maximum Gasteiger partial charge on any atom is 0.415 e. The summed E-state index contributed by atoms with van der Waals surface area (Å²) in [6.45, 7) is 2.13. The highest BCUT2D eigenvalue weighted by atomic mass is 32.2. The largest absolute Gasteiger partial charge is 0.478 e. The predicted molar refractivity (Wildman–Crippen MR) is 110 cm³/mol. The lowest BCUT2D eigenvalue weighted by Gasteiger charge is -2.14. The topological polar surface area (TPSA) is 122 Å². The number of carbonyl (C=O) groups is 3. The van der Waals surface area contributed by atoms with Crippen molar-refractivity contribution in [3.63, 3.8) is 0 Å². The summed E-state index contributed by atoms with van der Waals surface area (Å²) in [7, 11) is 0.